The standard InChI is InChI=1S/C15H16BrNOS/c1-11-7-8-12(10-14(11)16)17-15(18)6-2-4-13-5-3-9-19-13/h3,5,7-10H,2,4,6H2,1H3,(H,17,18). The van der Waals surface area contributed by atoms with Crippen LogP contribution in [0.3, 0.4) is 0 Å². The Kier molecular flexibility index (Phi) is 5.16. The molecule has 2 nitrogen and oxygen atoms in total. The highest BCUT2D eigenvalue weighted by Crippen LogP contribution is 2.21. The molecule has 100 valence electrons. The van der Waals surface area contributed by atoms with Crippen LogP contribution < -0.4 is 5.32 Å². The van der Waals surface area contributed by atoms with E-state index in [0.29, 0.717) is 6.42 Å². The Labute approximate surface area is 126 Å². The number of benzene rings is 1. The zero-order chi connectivity index (χ0) is 13.7. The van der Waals surface area contributed by atoms with E-state index in [4.69, 9.17) is 0 Å². The highest BCUT2D eigenvalue weighted by Gasteiger charge is 2.04. The van der Waals surface area contributed by atoms with Gasteiger partial charge in [0.1, 0.15) is 0 Å². The average molecular weight is 338 g/mol. The van der Waals surface area contributed by atoms with Gasteiger partial charge in [0.05, 0.1) is 0 Å². The van der Waals surface area contributed by atoms with Crippen LogP contribution in [0.4, 0.5) is 5.69 Å². The molecule has 0 aliphatic heterocycles. The molecule has 1 aromatic heterocycles. The van der Waals surface area contributed by atoms with E-state index < -0.39 is 0 Å². The maximum atomic E-state index is 11.8. The Hall–Kier alpha value is -1.13. The summed E-state index contributed by atoms with van der Waals surface area (Å²) in [5.41, 5.74) is 2.01. The number of nitrogens with one attached hydrogen (secondary N) is 1. The fourth-order valence-corrected chi connectivity index (χ4v) is 2.90. The van der Waals surface area contributed by atoms with Gasteiger partial charge >= 0.3 is 0 Å². The summed E-state index contributed by atoms with van der Waals surface area (Å²) in [6, 6.07) is 10.0. The Morgan fingerprint density at radius 3 is 2.89 bits per heavy atom. The van der Waals surface area contributed by atoms with Crippen molar-refractivity contribution in [1.82, 2.24) is 0 Å². The van der Waals surface area contributed by atoms with Crippen molar-refractivity contribution >= 4 is 38.9 Å². The summed E-state index contributed by atoms with van der Waals surface area (Å²) in [7, 11) is 0. The van der Waals surface area contributed by atoms with Crippen molar-refractivity contribution in [2.24, 2.45) is 0 Å². The van der Waals surface area contributed by atoms with E-state index in [9.17, 15) is 4.79 Å². The first-order chi connectivity index (χ1) is 9.15. The third kappa shape index (κ3) is 4.48. The second-order valence-corrected chi connectivity index (χ2v) is 6.33. The van der Waals surface area contributed by atoms with Gasteiger partial charge in [-0.05, 0) is 48.9 Å². The molecule has 1 aromatic carbocycles. The SMILES string of the molecule is Cc1ccc(NC(=O)CCCc2cccs2)cc1Br. The lowest BCUT2D eigenvalue weighted by Gasteiger charge is -2.06. The number of rotatable bonds is 5. The normalized spacial score (nSPS) is 10.4. The van der Waals surface area contributed by atoms with Gasteiger partial charge < -0.3 is 5.32 Å². The number of hydrogen-bond acceptors (Lipinski definition) is 2. The minimum atomic E-state index is 0.0762. The molecule has 2 aromatic rings. The van der Waals surface area contributed by atoms with Gasteiger partial charge in [-0.3, -0.25) is 4.79 Å². The number of anilines is 1. The number of halogens is 1. The fourth-order valence-electron chi connectivity index (χ4n) is 1.77. The first kappa shape index (κ1) is 14.3. The highest BCUT2D eigenvalue weighted by molar-refractivity contribution is 9.10. The zero-order valence-corrected chi connectivity index (χ0v) is 13.2. The molecule has 0 radical (unpaired) electrons. The molecule has 0 aliphatic rings. The molecule has 1 heterocycles. The minimum absolute atomic E-state index is 0.0762. The summed E-state index contributed by atoms with van der Waals surface area (Å²) in [5, 5.41) is 4.99. The molecule has 4 heteroatoms. The predicted octanol–water partition coefficient (Wildman–Crippen LogP) is 4.78. The molecule has 0 fully saturated rings. The smallest absolute Gasteiger partial charge is 0.224 e. The van der Waals surface area contributed by atoms with Crippen LogP contribution in [0.2, 0.25) is 0 Å². The molecule has 1 N–H and O–H groups in total. The molecule has 0 atom stereocenters. The summed E-state index contributed by atoms with van der Waals surface area (Å²) in [4.78, 5) is 13.2. The summed E-state index contributed by atoms with van der Waals surface area (Å²) < 4.78 is 1.02. The Bertz CT molecular complexity index is 551. The van der Waals surface area contributed by atoms with E-state index >= 15 is 0 Å². The van der Waals surface area contributed by atoms with Gasteiger partial charge in [-0.15, -0.1) is 11.3 Å². The van der Waals surface area contributed by atoms with Crippen LogP contribution in [-0.4, -0.2) is 5.91 Å². The Balaban J connectivity index is 1.79. The van der Waals surface area contributed by atoms with E-state index in [-0.39, 0.29) is 5.91 Å². The van der Waals surface area contributed by atoms with Crippen LogP contribution in [0, 0.1) is 6.92 Å². The lowest BCUT2D eigenvalue weighted by atomic mass is 10.2. The molecule has 0 spiro atoms. The van der Waals surface area contributed by atoms with Crippen LogP contribution >= 0.6 is 27.3 Å². The van der Waals surface area contributed by atoms with Crippen LogP contribution in [0.5, 0.6) is 0 Å². The third-order valence-corrected chi connectivity index (χ3v) is 4.65. The topological polar surface area (TPSA) is 29.1 Å². The molecular formula is C15H16BrNOS. The van der Waals surface area contributed by atoms with Crippen LogP contribution in [0.25, 0.3) is 0 Å². The highest BCUT2D eigenvalue weighted by atomic mass is 79.9. The van der Waals surface area contributed by atoms with E-state index in [1.54, 1.807) is 11.3 Å². The first-order valence-corrected chi connectivity index (χ1v) is 7.91. The number of thiophene rings is 1. The van der Waals surface area contributed by atoms with Crippen molar-refractivity contribution in [3.63, 3.8) is 0 Å². The van der Waals surface area contributed by atoms with Gasteiger partial charge in [0, 0.05) is 21.5 Å². The third-order valence-electron chi connectivity index (χ3n) is 2.86. The van der Waals surface area contributed by atoms with Gasteiger partial charge in [0.2, 0.25) is 5.91 Å². The van der Waals surface area contributed by atoms with Crippen LogP contribution in [-0.2, 0) is 11.2 Å². The lowest BCUT2D eigenvalue weighted by molar-refractivity contribution is -0.116. The van der Waals surface area contributed by atoms with Gasteiger partial charge in [0.15, 0.2) is 0 Å². The number of hydrogen-bond donors (Lipinski definition) is 1. The quantitative estimate of drug-likeness (QED) is 0.835. The molecule has 1 amide bonds. The summed E-state index contributed by atoms with van der Waals surface area (Å²) in [6.45, 7) is 2.02. The minimum Gasteiger partial charge on any atom is -0.326 e. The number of carbonyl (C=O) groups is 1. The summed E-state index contributed by atoms with van der Waals surface area (Å²) in [6.07, 6.45) is 2.42. The Morgan fingerprint density at radius 2 is 2.21 bits per heavy atom. The molecule has 2 rings (SSSR count). The monoisotopic (exact) mass is 337 g/mol. The molecule has 0 bridgehead atoms. The second kappa shape index (κ2) is 6.87. The van der Waals surface area contributed by atoms with E-state index in [0.717, 1.165) is 28.6 Å². The van der Waals surface area contributed by atoms with E-state index in [1.165, 1.54) is 4.88 Å². The number of carbonyl (C=O) groups excluding carboxylic acids is 1. The van der Waals surface area contributed by atoms with Crippen LogP contribution in [0.1, 0.15) is 23.3 Å². The van der Waals surface area contributed by atoms with Crippen molar-refractivity contribution < 1.29 is 4.79 Å². The fraction of sp³-hybridized carbons (Fsp3) is 0.267. The van der Waals surface area contributed by atoms with Gasteiger partial charge in [0.25, 0.3) is 0 Å². The maximum Gasteiger partial charge on any atom is 0.224 e. The van der Waals surface area contributed by atoms with Crippen molar-refractivity contribution in [2.75, 3.05) is 5.32 Å². The van der Waals surface area contributed by atoms with Gasteiger partial charge in [-0.25, -0.2) is 0 Å². The molecule has 0 aliphatic carbocycles. The lowest BCUT2D eigenvalue weighted by Crippen LogP contribution is -2.11. The van der Waals surface area contributed by atoms with Crippen molar-refractivity contribution in [3.05, 3.63) is 50.6 Å². The molecule has 0 unspecified atom stereocenters. The Morgan fingerprint density at radius 1 is 1.37 bits per heavy atom. The summed E-state index contributed by atoms with van der Waals surface area (Å²) >= 11 is 5.21. The molecular weight excluding hydrogens is 322 g/mol. The average Bonchev–Trinajstić information content (AvgIpc) is 2.87. The summed E-state index contributed by atoms with van der Waals surface area (Å²) in [5.74, 6) is 0.0762. The number of amides is 1. The predicted molar refractivity (Wildman–Crippen MR) is 84.8 cm³/mol. The number of aryl methyl sites for hydroxylation is 2. The first-order valence-electron chi connectivity index (χ1n) is 6.23. The van der Waals surface area contributed by atoms with E-state index in [1.807, 2.05) is 31.2 Å². The van der Waals surface area contributed by atoms with Crippen LogP contribution in [0.15, 0.2) is 40.2 Å². The maximum absolute atomic E-state index is 11.8. The molecule has 19 heavy (non-hydrogen) atoms. The van der Waals surface area contributed by atoms with Crippen molar-refractivity contribution in [2.45, 2.75) is 26.2 Å². The van der Waals surface area contributed by atoms with E-state index in [2.05, 4.69) is 32.7 Å². The van der Waals surface area contributed by atoms with Crippen molar-refractivity contribution in [3.8, 4) is 0 Å². The zero-order valence-electron chi connectivity index (χ0n) is 10.8. The second-order valence-electron chi connectivity index (χ2n) is 4.45. The van der Waals surface area contributed by atoms with Gasteiger partial charge in [-0.1, -0.05) is 28.1 Å². The largest absolute Gasteiger partial charge is 0.326 e. The molecule has 0 saturated heterocycles. The van der Waals surface area contributed by atoms with Crippen molar-refractivity contribution in [1.29, 1.82) is 0 Å². The van der Waals surface area contributed by atoms with Gasteiger partial charge in [-0.2, -0.15) is 0 Å². The molecule has 0 saturated carbocycles.